The molecule has 0 heterocycles. The van der Waals surface area contributed by atoms with Crippen LogP contribution in [0.3, 0.4) is 0 Å². The maximum atomic E-state index is 13.2. The molecule has 0 saturated carbocycles. The van der Waals surface area contributed by atoms with Gasteiger partial charge in [-0.15, -0.1) is 0 Å². The lowest BCUT2D eigenvalue weighted by molar-refractivity contribution is 0.0602. The molecule has 2 aromatic carbocycles. The highest BCUT2D eigenvalue weighted by molar-refractivity contribution is 5.97. The molecule has 0 bridgehead atoms. The van der Waals surface area contributed by atoms with Gasteiger partial charge in [-0.25, -0.2) is 9.18 Å². The molecule has 0 aliphatic heterocycles. The van der Waals surface area contributed by atoms with Crippen molar-refractivity contribution in [3.05, 3.63) is 53.3 Å². The van der Waals surface area contributed by atoms with Gasteiger partial charge in [0.05, 0.1) is 18.4 Å². The predicted molar refractivity (Wildman–Crippen MR) is 86.5 cm³/mol. The van der Waals surface area contributed by atoms with E-state index in [4.69, 9.17) is 4.74 Å². The molecule has 0 spiro atoms. The number of nitrogens with one attached hydrogen (secondary N) is 1. The summed E-state index contributed by atoms with van der Waals surface area (Å²) in [6.07, 6.45) is 0. The molecular weight excluding hydrogens is 283 g/mol. The first kappa shape index (κ1) is 15.8. The Morgan fingerprint density at radius 1 is 1.14 bits per heavy atom. The number of hydrogen-bond donors (Lipinski definition) is 1. The second kappa shape index (κ2) is 6.47. The molecule has 116 valence electrons. The second-order valence-corrected chi connectivity index (χ2v) is 5.20. The minimum Gasteiger partial charge on any atom is -0.465 e. The zero-order valence-electron chi connectivity index (χ0n) is 13.1. The Morgan fingerprint density at radius 3 is 2.45 bits per heavy atom. The van der Waals surface area contributed by atoms with Gasteiger partial charge in [0, 0.05) is 25.5 Å². The van der Waals surface area contributed by atoms with Crippen molar-refractivity contribution in [1.82, 2.24) is 0 Å². The summed E-state index contributed by atoms with van der Waals surface area (Å²) < 4.78 is 18.0. The molecule has 0 unspecified atom stereocenters. The normalized spacial score (nSPS) is 10.2. The van der Waals surface area contributed by atoms with E-state index in [9.17, 15) is 9.18 Å². The summed E-state index contributed by atoms with van der Waals surface area (Å²) in [5.74, 6) is -0.717. The molecule has 0 aliphatic rings. The van der Waals surface area contributed by atoms with Gasteiger partial charge in [0.25, 0.3) is 0 Å². The number of aryl methyl sites for hydroxylation is 1. The Bertz CT molecular complexity index is 699. The van der Waals surface area contributed by atoms with Gasteiger partial charge < -0.3 is 15.0 Å². The number of carbonyl (C=O) groups excluding carboxylic acids is 1. The average Bonchev–Trinajstić information content (AvgIpc) is 2.49. The van der Waals surface area contributed by atoms with Crippen molar-refractivity contribution in [2.45, 2.75) is 6.92 Å². The third-order valence-electron chi connectivity index (χ3n) is 3.38. The van der Waals surface area contributed by atoms with Crippen LogP contribution in [0.25, 0.3) is 0 Å². The van der Waals surface area contributed by atoms with E-state index in [1.807, 2.05) is 31.1 Å². The van der Waals surface area contributed by atoms with Crippen LogP contribution in [0.5, 0.6) is 0 Å². The molecule has 2 rings (SSSR count). The topological polar surface area (TPSA) is 41.6 Å². The summed E-state index contributed by atoms with van der Waals surface area (Å²) in [5, 5.41) is 3.18. The van der Waals surface area contributed by atoms with Crippen LogP contribution in [0.2, 0.25) is 0 Å². The van der Waals surface area contributed by atoms with Crippen molar-refractivity contribution in [1.29, 1.82) is 0 Å². The monoisotopic (exact) mass is 302 g/mol. The molecule has 22 heavy (non-hydrogen) atoms. The van der Waals surface area contributed by atoms with Crippen molar-refractivity contribution >= 4 is 23.0 Å². The Hall–Kier alpha value is -2.56. The quantitative estimate of drug-likeness (QED) is 0.874. The van der Waals surface area contributed by atoms with Crippen molar-refractivity contribution < 1.29 is 13.9 Å². The summed E-state index contributed by atoms with van der Waals surface area (Å²) in [6.45, 7) is 1.80. The number of benzene rings is 2. The number of nitrogens with zero attached hydrogens (tertiary/aromatic N) is 1. The first-order valence-electron chi connectivity index (χ1n) is 6.85. The molecule has 1 N–H and O–H groups in total. The average molecular weight is 302 g/mol. The molecule has 0 aromatic heterocycles. The van der Waals surface area contributed by atoms with Crippen LogP contribution in [0.1, 0.15) is 15.9 Å². The molecule has 0 amide bonds. The van der Waals surface area contributed by atoms with Crippen LogP contribution in [0, 0.1) is 12.7 Å². The third kappa shape index (κ3) is 3.36. The molecule has 0 radical (unpaired) electrons. The number of methoxy groups -OCH3 is 1. The molecular formula is C17H19FN2O2. The Labute approximate surface area is 129 Å². The van der Waals surface area contributed by atoms with E-state index in [-0.39, 0.29) is 5.82 Å². The van der Waals surface area contributed by atoms with Crippen molar-refractivity contribution in [3.8, 4) is 0 Å². The van der Waals surface area contributed by atoms with E-state index in [2.05, 4.69) is 5.32 Å². The fourth-order valence-electron chi connectivity index (χ4n) is 2.11. The zero-order chi connectivity index (χ0) is 16.3. The summed E-state index contributed by atoms with van der Waals surface area (Å²) in [5.41, 5.74) is 3.48. The molecule has 0 fully saturated rings. The van der Waals surface area contributed by atoms with Crippen LogP contribution < -0.4 is 10.2 Å². The highest BCUT2D eigenvalue weighted by Crippen LogP contribution is 2.28. The second-order valence-electron chi connectivity index (χ2n) is 5.20. The predicted octanol–water partition coefficient (Wildman–Crippen LogP) is 3.73. The Kier molecular flexibility index (Phi) is 4.65. The number of esters is 1. The van der Waals surface area contributed by atoms with Crippen molar-refractivity contribution in [2.24, 2.45) is 0 Å². The fraction of sp³-hybridized carbons (Fsp3) is 0.235. The van der Waals surface area contributed by atoms with E-state index in [1.165, 1.54) is 19.2 Å². The lowest BCUT2D eigenvalue weighted by Crippen LogP contribution is -2.11. The molecule has 0 aliphatic carbocycles. The fourth-order valence-corrected chi connectivity index (χ4v) is 2.11. The van der Waals surface area contributed by atoms with Gasteiger partial charge in [0.1, 0.15) is 5.82 Å². The van der Waals surface area contributed by atoms with Gasteiger partial charge in [0.2, 0.25) is 0 Å². The first-order valence-corrected chi connectivity index (χ1v) is 6.85. The standard InChI is InChI=1S/C17H19FN2O2/c1-11-9-12(18)5-8-15(11)19-16-10-13(20(2)3)6-7-14(16)17(21)22-4/h5-10,19H,1-4H3. The summed E-state index contributed by atoms with van der Waals surface area (Å²) >= 11 is 0. The maximum absolute atomic E-state index is 13.2. The molecule has 5 heteroatoms. The minimum absolute atomic E-state index is 0.293. The highest BCUT2D eigenvalue weighted by Gasteiger charge is 2.14. The van der Waals surface area contributed by atoms with Crippen LogP contribution in [0.4, 0.5) is 21.5 Å². The number of halogens is 1. The van der Waals surface area contributed by atoms with Crippen LogP contribution >= 0.6 is 0 Å². The van der Waals surface area contributed by atoms with E-state index >= 15 is 0 Å². The van der Waals surface area contributed by atoms with Crippen LogP contribution in [-0.4, -0.2) is 27.2 Å². The first-order chi connectivity index (χ1) is 10.4. The number of ether oxygens (including phenoxy) is 1. The lowest BCUT2D eigenvalue weighted by Gasteiger charge is -2.18. The van der Waals surface area contributed by atoms with Crippen molar-refractivity contribution in [2.75, 3.05) is 31.4 Å². The molecule has 2 aromatic rings. The van der Waals surface area contributed by atoms with Crippen LogP contribution in [0.15, 0.2) is 36.4 Å². The SMILES string of the molecule is COC(=O)c1ccc(N(C)C)cc1Nc1ccc(F)cc1C. The summed E-state index contributed by atoms with van der Waals surface area (Å²) in [4.78, 5) is 13.8. The molecule has 0 saturated heterocycles. The Balaban J connectivity index is 2.46. The van der Waals surface area contributed by atoms with Crippen LogP contribution in [-0.2, 0) is 4.74 Å². The van der Waals surface area contributed by atoms with Gasteiger partial charge in [-0.1, -0.05) is 0 Å². The lowest BCUT2D eigenvalue weighted by atomic mass is 10.1. The number of hydrogen-bond acceptors (Lipinski definition) is 4. The largest absolute Gasteiger partial charge is 0.465 e. The molecule has 4 nitrogen and oxygen atoms in total. The van der Waals surface area contributed by atoms with E-state index < -0.39 is 5.97 Å². The zero-order valence-corrected chi connectivity index (χ0v) is 13.1. The summed E-state index contributed by atoms with van der Waals surface area (Å²) in [6, 6.07) is 9.87. The van der Waals surface area contributed by atoms with E-state index in [0.717, 1.165) is 16.9 Å². The summed E-state index contributed by atoms with van der Waals surface area (Å²) in [7, 11) is 5.18. The van der Waals surface area contributed by atoms with Gasteiger partial charge in [0.15, 0.2) is 0 Å². The maximum Gasteiger partial charge on any atom is 0.339 e. The smallest absolute Gasteiger partial charge is 0.339 e. The van der Waals surface area contributed by atoms with Gasteiger partial charge in [-0.2, -0.15) is 0 Å². The van der Waals surface area contributed by atoms with Gasteiger partial charge >= 0.3 is 5.97 Å². The van der Waals surface area contributed by atoms with E-state index in [0.29, 0.717) is 11.3 Å². The molecule has 0 atom stereocenters. The van der Waals surface area contributed by atoms with Gasteiger partial charge in [-0.05, 0) is 48.9 Å². The third-order valence-corrected chi connectivity index (χ3v) is 3.38. The number of anilines is 3. The number of rotatable bonds is 4. The Morgan fingerprint density at radius 2 is 1.86 bits per heavy atom. The van der Waals surface area contributed by atoms with E-state index in [1.54, 1.807) is 19.1 Å². The van der Waals surface area contributed by atoms with Crippen molar-refractivity contribution in [3.63, 3.8) is 0 Å². The minimum atomic E-state index is -0.424. The highest BCUT2D eigenvalue weighted by atomic mass is 19.1. The van der Waals surface area contributed by atoms with Gasteiger partial charge in [-0.3, -0.25) is 0 Å². The number of carbonyl (C=O) groups is 1.